The van der Waals surface area contributed by atoms with Crippen molar-refractivity contribution >= 4 is 11.6 Å². The molecule has 0 aromatic heterocycles. The minimum atomic E-state index is 0.298. The molecule has 64 valence electrons. The summed E-state index contributed by atoms with van der Waals surface area (Å²) in [5.74, 6) is 0.623. The average Bonchev–Trinajstić information content (AvgIpc) is 2.85. The van der Waals surface area contributed by atoms with Gasteiger partial charge in [0.05, 0.1) is 18.1 Å². The van der Waals surface area contributed by atoms with Crippen molar-refractivity contribution in [2.24, 2.45) is 0 Å². The van der Waals surface area contributed by atoms with E-state index in [1.165, 1.54) is 5.56 Å². The van der Waals surface area contributed by atoms with Crippen LogP contribution in [0.2, 0.25) is 0 Å². The van der Waals surface area contributed by atoms with Gasteiger partial charge in [-0.3, -0.25) is 0 Å². The van der Waals surface area contributed by atoms with Gasteiger partial charge in [0.15, 0.2) is 0 Å². The van der Waals surface area contributed by atoms with E-state index in [4.69, 9.17) is 16.3 Å². The fraction of sp³-hybridized carbons (Fsp3) is 0.400. The number of epoxide rings is 1. The second-order valence-corrected chi connectivity index (χ2v) is 3.37. The third-order valence-corrected chi connectivity index (χ3v) is 2.42. The van der Waals surface area contributed by atoms with Crippen molar-refractivity contribution in [3.05, 3.63) is 35.9 Å². The topological polar surface area (TPSA) is 12.5 Å². The molecule has 0 aliphatic carbocycles. The van der Waals surface area contributed by atoms with E-state index in [2.05, 4.69) is 12.1 Å². The lowest BCUT2D eigenvalue weighted by Gasteiger charge is -1.94. The van der Waals surface area contributed by atoms with Crippen molar-refractivity contribution in [2.45, 2.75) is 18.6 Å². The van der Waals surface area contributed by atoms with E-state index >= 15 is 0 Å². The normalized spacial score (nSPS) is 27.1. The first-order valence-corrected chi connectivity index (χ1v) is 4.69. The van der Waals surface area contributed by atoms with Crippen LogP contribution in [-0.4, -0.2) is 18.1 Å². The number of alkyl halides is 1. The molecule has 0 saturated carbocycles. The van der Waals surface area contributed by atoms with E-state index < -0.39 is 0 Å². The smallest absolute Gasteiger partial charge is 0.0980 e. The first kappa shape index (κ1) is 8.09. The molecule has 2 atom stereocenters. The fourth-order valence-electron chi connectivity index (χ4n) is 1.34. The number of hydrogen-bond acceptors (Lipinski definition) is 1. The van der Waals surface area contributed by atoms with Gasteiger partial charge >= 0.3 is 0 Å². The minimum Gasteiger partial charge on any atom is -0.368 e. The summed E-state index contributed by atoms with van der Waals surface area (Å²) in [5, 5.41) is 0. The molecule has 12 heavy (non-hydrogen) atoms. The molecule has 0 unspecified atom stereocenters. The van der Waals surface area contributed by atoms with Crippen LogP contribution in [0.3, 0.4) is 0 Å². The molecule has 0 N–H and O–H groups in total. The Bertz CT molecular complexity index is 247. The predicted octanol–water partition coefficient (Wildman–Crippen LogP) is 2.24. The number of halogens is 1. The molecule has 1 heterocycles. The lowest BCUT2D eigenvalue weighted by Crippen LogP contribution is -1.98. The Morgan fingerprint density at radius 3 is 2.50 bits per heavy atom. The molecule has 0 spiro atoms. The van der Waals surface area contributed by atoms with Gasteiger partial charge in [-0.1, -0.05) is 30.3 Å². The second kappa shape index (κ2) is 3.46. The maximum Gasteiger partial charge on any atom is 0.0980 e. The lowest BCUT2D eigenvalue weighted by atomic mass is 10.1. The van der Waals surface area contributed by atoms with Gasteiger partial charge in [0, 0.05) is 6.42 Å². The molecule has 1 aliphatic heterocycles. The maximum atomic E-state index is 5.63. The van der Waals surface area contributed by atoms with Crippen molar-refractivity contribution in [3.8, 4) is 0 Å². The van der Waals surface area contributed by atoms with Crippen molar-refractivity contribution in [2.75, 3.05) is 5.88 Å². The predicted molar refractivity (Wildman–Crippen MR) is 49.5 cm³/mol. The molecule has 1 aromatic rings. The quantitative estimate of drug-likeness (QED) is 0.516. The molecule has 2 heteroatoms. The Kier molecular flexibility index (Phi) is 2.33. The Morgan fingerprint density at radius 2 is 1.92 bits per heavy atom. The highest BCUT2D eigenvalue weighted by molar-refractivity contribution is 6.18. The largest absolute Gasteiger partial charge is 0.368 e. The molecular weight excluding hydrogens is 172 g/mol. The van der Waals surface area contributed by atoms with Crippen LogP contribution in [0.1, 0.15) is 5.56 Å². The number of benzene rings is 1. The van der Waals surface area contributed by atoms with E-state index in [0.29, 0.717) is 18.1 Å². The average molecular weight is 183 g/mol. The second-order valence-electron chi connectivity index (χ2n) is 3.06. The van der Waals surface area contributed by atoms with Gasteiger partial charge in [-0.15, -0.1) is 11.6 Å². The van der Waals surface area contributed by atoms with Crippen LogP contribution < -0.4 is 0 Å². The van der Waals surface area contributed by atoms with Crippen LogP contribution in [0.25, 0.3) is 0 Å². The van der Waals surface area contributed by atoms with Crippen LogP contribution in [0.15, 0.2) is 30.3 Å². The number of ether oxygens (including phenoxy) is 1. The SMILES string of the molecule is ClC[C@H]1O[C@H]1Cc1ccccc1. The number of rotatable bonds is 3. The van der Waals surface area contributed by atoms with Gasteiger partial charge in [0.1, 0.15) is 0 Å². The minimum absolute atomic E-state index is 0.298. The highest BCUT2D eigenvalue weighted by atomic mass is 35.5. The van der Waals surface area contributed by atoms with Gasteiger partial charge in [-0.05, 0) is 5.56 Å². The van der Waals surface area contributed by atoms with Crippen molar-refractivity contribution in [3.63, 3.8) is 0 Å². The molecule has 0 bridgehead atoms. The summed E-state index contributed by atoms with van der Waals surface area (Å²) >= 11 is 5.63. The van der Waals surface area contributed by atoms with E-state index in [9.17, 15) is 0 Å². The van der Waals surface area contributed by atoms with Gasteiger partial charge in [0.25, 0.3) is 0 Å². The Balaban J connectivity index is 1.89. The zero-order valence-corrected chi connectivity index (χ0v) is 7.50. The first-order chi connectivity index (χ1) is 5.90. The lowest BCUT2D eigenvalue weighted by molar-refractivity contribution is 0.379. The van der Waals surface area contributed by atoms with Gasteiger partial charge in [-0.25, -0.2) is 0 Å². The number of hydrogen-bond donors (Lipinski definition) is 0. The van der Waals surface area contributed by atoms with Crippen molar-refractivity contribution < 1.29 is 4.74 Å². The zero-order chi connectivity index (χ0) is 8.39. The Hall–Kier alpha value is -0.530. The molecule has 2 rings (SSSR count). The molecule has 1 saturated heterocycles. The molecule has 0 radical (unpaired) electrons. The van der Waals surface area contributed by atoms with Crippen molar-refractivity contribution in [1.82, 2.24) is 0 Å². The molecule has 1 aromatic carbocycles. The van der Waals surface area contributed by atoms with Crippen molar-refractivity contribution in [1.29, 1.82) is 0 Å². The molecule has 1 nitrogen and oxygen atoms in total. The van der Waals surface area contributed by atoms with E-state index in [-0.39, 0.29) is 0 Å². The summed E-state index contributed by atoms with van der Waals surface area (Å²) in [6.45, 7) is 0. The summed E-state index contributed by atoms with van der Waals surface area (Å²) in [7, 11) is 0. The first-order valence-electron chi connectivity index (χ1n) is 4.15. The summed E-state index contributed by atoms with van der Waals surface area (Å²) in [4.78, 5) is 0. The summed E-state index contributed by atoms with van der Waals surface area (Å²) < 4.78 is 5.34. The van der Waals surface area contributed by atoms with Crippen LogP contribution >= 0.6 is 11.6 Å². The summed E-state index contributed by atoms with van der Waals surface area (Å²) in [6, 6.07) is 10.4. The third-order valence-electron chi connectivity index (χ3n) is 2.12. The van der Waals surface area contributed by atoms with E-state index in [1.54, 1.807) is 0 Å². The molecule has 0 amide bonds. The van der Waals surface area contributed by atoms with Crippen LogP contribution in [0, 0.1) is 0 Å². The highest BCUT2D eigenvalue weighted by Gasteiger charge is 2.37. The Morgan fingerprint density at radius 1 is 1.17 bits per heavy atom. The summed E-state index contributed by atoms with van der Waals surface area (Å²) in [5.41, 5.74) is 1.33. The maximum absolute atomic E-state index is 5.63. The molecule has 1 fully saturated rings. The molecular formula is C10H11ClO. The summed E-state index contributed by atoms with van der Waals surface area (Å²) in [6.07, 6.45) is 1.66. The van der Waals surface area contributed by atoms with E-state index in [1.807, 2.05) is 18.2 Å². The van der Waals surface area contributed by atoms with Crippen LogP contribution in [0.4, 0.5) is 0 Å². The highest BCUT2D eigenvalue weighted by Crippen LogP contribution is 2.26. The fourth-order valence-corrected chi connectivity index (χ4v) is 1.61. The van der Waals surface area contributed by atoms with Crippen LogP contribution in [-0.2, 0) is 11.2 Å². The van der Waals surface area contributed by atoms with E-state index in [0.717, 1.165) is 6.42 Å². The standard InChI is InChI=1S/C10H11ClO/c11-7-10-9(12-10)6-8-4-2-1-3-5-8/h1-5,9-10H,6-7H2/t9-,10+/m0/s1. The Labute approximate surface area is 77.3 Å². The van der Waals surface area contributed by atoms with Gasteiger partial charge in [0.2, 0.25) is 0 Å². The van der Waals surface area contributed by atoms with Crippen LogP contribution in [0.5, 0.6) is 0 Å². The monoisotopic (exact) mass is 182 g/mol. The van der Waals surface area contributed by atoms with Gasteiger partial charge < -0.3 is 4.74 Å². The zero-order valence-electron chi connectivity index (χ0n) is 6.74. The third kappa shape index (κ3) is 1.79. The van der Waals surface area contributed by atoms with Gasteiger partial charge in [-0.2, -0.15) is 0 Å². The molecule has 1 aliphatic rings.